The fourth-order valence-electron chi connectivity index (χ4n) is 2.50. The molecule has 3 heteroatoms. The van der Waals surface area contributed by atoms with E-state index in [0.29, 0.717) is 6.04 Å². The number of halogens is 2. The number of benzene rings is 2. The van der Waals surface area contributed by atoms with Gasteiger partial charge >= 0.3 is 0 Å². The highest BCUT2D eigenvalue weighted by molar-refractivity contribution is 14.1. The SMILES string of the molecule is Clc1ccc(I)cc1NC1CCc2ccccc21. The lowest BCUT2D eigenvalue weighted by atomic mass is 10.1. The zero-order chi connectivity index (χ0) is 12.5. The van der Waals surface area contributed by atoms with Gasteiger partial charge in [0, 0.05) is 3.57 Å². The molecule has 1 N–H and O–H groups in total. The van der Waals surface area contributed by atoms with E-state index in [9.17, 15) is 0 Å². The van der Waals surface area contributed by atoms with Crippen LogP contribution < -0.4 is 5.32 Å². The molecule has 1 atom stereocenters. The lowest BCUT2D eigenvalue weighted by Gasteiger charge is -2.17. The molecule has 1 aliphatic rings. The van der Waals surface area contributed by atoms with Gasteiger partial charge in [0.1, 0.15) is 0 Å². The van der Waals surface area contributed by atoms with Gasteiger partial charge in [0.05, 0.1) is 16.8 Å². The van der Waals surface area contributed by atoms with Gasteiger partial charge < -0.3 is 5.32 Å². The highest BCUT2D eigenvalue weighted by Gasteiger charge is 2.22. The van der Waals surface area contributed by atoms with Crippen LogP contribution in [-0.2, 0) is 6.42 Å². The fourth-order valence-corrected chi connectivity index (χ4v) is 3.17. The van der Waals surface area contributed by atoms with Crippen molar-refractivity contribution in [2.75, 3.05) is 5.32 Å². The van der Waals surface area contributed by atoms with Gasteiger partial charge in [0.2, 0.25) is 0 Å². The van der Waals surface area contributed by atoms with E-state index < -0.39 is 0 Å². The maximum Gasteiger partial charge on any atom is 0.0638 e. The summed E-state index contributed by atoms with van der Waals surface area (Å²) in [6.07, 6.45) is 2.29. The number of hydrogen-bond donors (Lipinski definition) is 1. The second kappa shape index (κ2) is 5.10. The Morgan fingerprint density at radius 2 is 2.00 bits per heavy atom. The molecular formula is C15H13ClIN. The minimum atomic E-state index is 0.386. The zero-order valence-electron chi connectivity index (χ0n) is 9.79. The van der Waals surface area contributed by atoms with Gasteiger partial charge in [-0.2, -0.15) is 0 Å². The summed E-state index contributed by atoms with van der Waals surface area (Å²) < 4.78 is 1.20. The van der Waals surface area contributed by atoms with Crippen molar-refractivity contribution in [3.63, 3.8) is 0 Å². The van der Waals surface area contributed by atoms with Gasteiger partial charge in [-0.25, -0.2) is 0 Å². The van der Waals surface area contributed by atoms with Gasteiger partial charge in [-0.05, 0) is 64.8 Å². The Balaban J connectivity index is 1.88. The molecule has 0 saturated heterocycles. The van der Waals surface area contributed by atoms with Crippen molar-refractivity contribution in [1.29, 1.82) is 0 Å². The Labute approximate surface area is 126 Å². The molecule has 0 heterocycles. The van der Waals surface area contributed by atoms with Gasteiger partial charge in [-0.1, -0.05) is 35.9 Å². The van der Waals surface area contributed by atoms with Crippen molar-refractivity contribution < 1.29 is 0 Å². The van der Waals surface area contributed by atoms with E-state index in [-0.39, 0.29) is 0 Å². The van der Waals surface area contributed by atoms with Crippen LogP contribution in [0.1, 0.15) is 23.6 Å². The summed E-state index contributed by atoms with van der Waals surface area (Å²) in [5.74, 6) is 0. The second-order valence-electron chi connectivity index (χ2n) is 4.56. The smallest absolute Gasteiger partial charge is 0.0638 e. The first-order chi connectivity index (χ1) is 8.74. The van der Waals surface area contributed by atoms with Crippen LogP contribution in [0.3, 0.4) is 0 Å². The average molecular weight is 370 g/mol. The van der Waals surface area contributed by atoms with E-state index in [1.54, 1.807) is 0 Å². The van der Waals surface area contributed by atoms with Crippen molar-refractivity contribution in [3.8, 4) is 0 Å². The van der Waals surface area contributed by atoms with E-state index in [2.05, 4.69) is 58.2 Å². The lowest BCUT2D eigenvalue weighted by molar-refractivity contribution is 0.762. The van der Waals surface area contributed by atoms with E-state index >= 15 is 0 Å². The van der Waals surface area contributed by atoms with E-state index in [0.717, 1.165) is 23.6 Å². The lowest BCUT2D eigenvalue weighted by Crippen LogP contribution is -2.07. The van der Waals surface area contributed by atoms with Crippen LogP contribution in [0.25, 0.3) is 0 Å². The Morgan fingerprint density at radius 3 is 2.89 bits per heavy atom. The number of aryl methyl sites for hydroxylation is 1. The molecule has 1 aliphatic carbocycles. The van der Waals surface area contributed by atoms with Crippen LogP contribution in [0.15, 0.2) is 42.5 Å². The van der Waals surface area contributed by atoms with Gasteiger partial charge in [0.15, 0.2) is 0 Å². The van der Waals surface area contributed by atoms with Crippen LogP contribution in [0.2, 0.25) is 5.02 Å². The summed E-state index contributed by atoms with van der Waals surface area (Å²) in [5, 5.41) is 4.36. The molecule has 0 aliphatic heterocycles. The molecule has 0 amide bonds. The molecule has 92 valence electrons. The first-order valence-corrected chi connectivity index (χ1v) is 7.49. The molecule has 0 fully saturated rings. The molecule has 0 aromatic heterocycles. The predicted octanol–water partition coefficient (Wildman–Crippen LogP) is 5.04. The van der Waals surface area contributed by atoms with Crippen molar-refractivity contribution in [2.45, 2.75) is 18.9 Å². The molecule has 1 nitrogen and oxygen atoms in total. The third-order valence-corrected chi connectivity index (χ3v) is 4.39. The maximum atomic E-state index is 6.24. The number of anilines is 1. The molecule has 18 heavy (non-hydrogen) atoms. The van der Waals surface area contributed by atoms with Gasteiger partial charge in [-0.15, -0.1) is 0 Å². The molecule has 2 aromatic carbocycles. The molecule has 2 aromatic rings. The van der Waals surface area contributed by atoms with Crippen LogP contribution in [0, 0.1) is 3.57 Å². The minimum absolute atomic E-state index is 0.386. The third kappa shape index (κ3) is 2.36. The largest absolute Gasteiger partial charge is 0.377 e. The topological polar surface area (TPSA) is 12.0 Å². The van der Waals surface area contributed by atoms with Crippen molar-refractivity contribution in [3.05, 3.63) is 62.2 Å². The molecule has 0 bridgehead atoms. The number of nitrogens with one attached hydrogen (secondary N) is 1. The molecule has 0 radical (unpaired) electrons. The molecular weight excluding hydrogens is 357 g/mol. The van der Waals surface area contributed by atoms with Crippen molar-refractivity contribution in [1.82, 2.24) is 0 Å². The number of hydrogen-bond acceptors (Lipinski definition) is 1. The van der Waals surface area contributed by atoms with Crippen molar-refractivity contribution >= 4 is 39.9 Å². The van der Waals surface area contributed by atoms with Gasteiger partial charge in [0.25, 0.3) is 0 Å². The summed E-state index contributed by atoms with van der Waals surface area (Å²) in [7, 11) is 0. The number of rotatable bonds is 2. The summed E-state index contributed by atoms with van der Waals surface area (Å²) >= 11 is 8.55. The quantitative estimate of drug-likeness (QED) is 0.731. The normalized spacial score (nSPS) is 17.6. The first kappa shape index (κ1) is 12.3. The Hall–Kier alpha value is -0.740. The highest BCUT2D eigenvalue weighted by Crippen LogP contribution is 2.35. The summed E-state index contributed by atoms with van der Waals surface area (Å²) in [5.41, 5.74) is 3.90. The summed E-state index contributed by atoms with van der Waals surface area (Å²) in [6, 6.07) is 15.1. The average Bonchev–Trinajstić information content (AvgIpc) is 2.78. The van der Waals surface area contributed by atoms with E-state index in [1.807, 2.05) is 12.1 Å². The van der Waals surface area contributed by atoms with Crippen LogP contribution in [0.4, 0.5) is 5.69 Å². The summed E-state index contributed by atoms with van der Waals surface area (Å²) in [4.78, 5) is 0. The van der Waals surface area contributed by atoms with Gasteiger partial charge in [-0.3, -0.25) is 0 Å². The van der Waals surface area contributed by atoms with Crippen LogP contribution in [0.5, 0.6) is 0 Å². The zero-order valence-corrected chi connectivity index (χ0v) is 12.7. The van der Waals surface area contributed by atoms with Crippen LogP contribution >= 0.6 is 34.2 Å². The van der Waals surface area contributed by atoms with Crippen molar-refractivity contribution in [2.24, 2.45) is 0 Å². The van der Waals surface area contributed by atoms with E-state index in [1.165, 1.54) is 14.7 Å². The second-order valence-corrected chi connectivity index (χ2v) is 6.21. The number of fused-ring (bicyclic) bond motifs is 1. The molecule has 1 unspecified atom stereocenters. The Morgan fingerprint density at radius 1 is 1.17 bits per heavy atom. The fraction of sp³-hybridized carbons (Fsp3) is 0.200. The predicted molar refractivity (Wildman–Crippen MR) is 85.3 cm³/mol. The van der Waals surface area contributed by atoms with E-state index in [4.69, 9.17) is 11.6 Å². The maximum absolute atomic E-state index is 6.24. The monoisotopic (exact) mass is 369 g/mol. The summed E-state index contributed by atoms with van der Waals surface area (Å²) in [6.45, 7) is 0. The molecule has 3 rings (SSSR count). The molecule has 0 spiro atoms. The highest BCUT2D eigenvalue weighted by atomic mass is 127. The molecule has 0 saturated carbocycles. The Kier molecular flexibility index (Phi) is 3.48. The standard InChI is InChI=1S/C15H13ClIN/c16-13-7-6-11(17)9-15(13)18-14-8-5-10-3-1-2-4-12(10)14/h1-4,6-7,9,14,18H,5,8H2. The third-order valence-electron chi connectivity index (χ3n) is 3.39. The minimum Gasteiger partial charge on any atom is -0.377 e. The Bertz CT molecular complexity index is 582. The first-order valence-electron chi connectivity index (χ1n) is 6.03. The van der Waals surface area contributed by atoms with Crippen LogP contribution in [-0.4, -0.2) is 0 Å².